The highest BCUT2D eigenvalue weighted by molar-refractivity contribution is 5.96. The zero-order chi connectivity index (χ0) is 15.8. The van der Waals surface area contributed by atoms with Crippen molar-refractivity contribution in [2.45, 2.75) is 51.0 Å². The summed E-state index contributed by atoms with van der Waals surface area (Å²) in [6.07, 6.45) is 9.91. The van der Waals surface area contributed by atoms with E-state index in [0.717, 1.165) is 37.7 Å². The average Bonchev–Trinajstić information content (AvgIpc) is 2.48. The molecule has 0 fully saturated rings. The number of benzene rings is 1. The predicted octanol–water partition coefficient (Wildman–Crippen LogP) is 3.32. The van der Waals surface area contributed by atoms with Crippen molar-refractivity contribution in [3.63, 3.8) is 0 Å². The topological polar surface area (TPSA) is 66.4 Å². The molecule has 1 atom stereocenters. The van der Waals surface area contributed by atoms with Gasteiger partial charge in [0.2, 0.25) is 0 Å². The molecule has 0 saturated carbocycles. The van der Waals surface area contributed by atoms with E-state index in [1.165, 1.54) is 0 Å². The number of carbonyl (C=O) groups is 2. The number of nitrogens with one attached hydrogen (secondary N) is 1. The van der Waals surface area contributed by atoms with Crippen molar-refractivity contribution in [1.29, 1.82) is 0 Å². The Hall–Kier alpha value is -2.10. The summed E-state index contributed by atoms with van der Waals surface area (Å²) in [4.78, 5) is 23.2. The van der Waals surface area contributed by atoms with Gasteiger partial charge in [-0.25, -0.2) is 0 Å². The second-order valence-corrected chi connectivity index (χ2v) is 5.70. The molecule has 0 heterocycles. The molecule has 118 valence electrons. The fraction of sp³-hybridized carbons (Fsp3) is 0.444. The van der Waals surface area contributed by atoms with Crippen LogP contribution >= 0.6 is 0 Å². The molecule has 1 amide bonds. The fourth-order valence-corrected chi connectivity index (χ4v) is 2.77. The third-order valence-corrected chi connectivity index (χ3v) is 3.98. The molecule has 2 rings (SSSR count). The van der Waals surface area contributed by atoms with Gasteiger partial charge >= 0.3 is 5.97 Å². The van der Waals surface area contributed by atoms with E-state index in [0.29, 0.717) is 12.0 Å². The van der Waals surface area contributed by atoms with Crippen molar-refractivity contribution in [3.05, 3.63) is 47.5 Å². The Kier molecular flexibility index (Phi) is 6.19. The number of carbonyl (C=O) groups excluding carboxylic acids is 1. The van der Waals surface area contributed by atoms with Gasteiger partial charge < -0.3 is 10.4 Å². The summed E-state index contributed by atoms with van der Waals surface area (Å²) >= 11 is 0. The largest absolute Gasteiger partial charge is 0.481 e. The molecule has 0 aromatic heterocycles. The average molecular weight is 301 g/mol. The zero-order valence-electron chi connectivity index (χ0n) is 12.8. The van der Waals surface area contributed by atoms with Crippen molar-refractivity contribution in [2.24, 2.45) is 0 Å². The molecule has 1 aliphatic carbocycles. The SMILES string of the molecule is O=C(O)CCc1ccccc1C(=O)NC1CC/C=C\CCC1. The molecule has 1 aromatic carbocycles. The van der Waals surface area contributed by atoms with E-state index in [9.17, 15) is 9.59 Å². The second kappa shape index (κ2) is 8.37. The van der Waals surface area contributed by atoms with Crippen LogP contribution in [0.4, 0.5) is 0 Å². The number of aliphatic carboxylic acids is 1. The molecule has 1 aromatic rings. The van der Waals surface area contributed by atoms with Gasteiger partial charge in [-0.05, 0) is 50.2 Å². The van der Waals surface area contributed by atoms with Crippen LogP contribution in [0.25, 0.3) is 0 Å². The van der Waals surface area contributed by atoms with Gasteiger partial charge in [-0.15, -0.1) is 0 Å². The molecule has 0 saturated heterocycles. The second-order valence-electron chi connectivity index (χ2n) is 5.70. The lowest BCUT2D eigenvalue weighted by molar-refractivity contribution is -0.136. The van der Waals surface area contributed by atoms with Crippen LogP contribution in [0, 0.1) is 0 Å². The van der Waals surface area contributed by atoms with Crippen LogP contribution in [0.15, 0.2) is 36.4 Å². The Morgan fingerprint density at radius 2 is 1.91 bits per heavy atom. The highest BCUT2D eigenvalue weighted by Gasteiger charge is 2.16. The molecule has 0 bridgehead atoms. The van der Waals surface area contributed by atoms with E-state index in [-0.39, 0.29) is 18.4 Å². The Labute approximate surface area is 131 Å². The molecule has 22 heavy (non-hydrogen) atoms. The van der Waals surface area contributed by atoms with Crippen LogP contribution in [0.1, 0.15) is 54.4 Å². The van der Waals surface area contributed by atoms with Gasteiger partial charge in [-0.3, -0.25) is 9.59 Å². The smallest absolute Gasteiger partial charge is 0.303 e. The Morgan fingerprint density at radius 1 is 1.14 bits per heavy atom. The van der Waals surface area contributed by atoms with Gasteiger partial charge in [0.05, 0.1) is 0 Å². The number of allylic oxidation sites excluding steroid dienone is 2. The number of hydrogen-bond donors (Lipinski definition) is 2. The zero-order valence-corrected chi connectivity index (χ0v) is 12.8. The van der Waals surface area contributed by atoms with E-state index in [4.69, 9.17) is 5.11 Å². The number of rotatable bonds is 5. The van der Waals surface area contributed by atoms with Gasteiger partial charge in [0.15, 0.2) is 0 Å². The lowest BCUT2D eigenvalue weighted by Crippen LogP contribution is -2.35. The molecule has 1 unspecified atom stereocenters. The molecular weight excluding hydrogens is 278 g/mol. The van der Waals surface area contributed by atoms with Crippen LogP contribution in [0.5, 0.6) is 0 Å². The maximum Gasteiger partial charge on any atom is 0.303 e. The summed E-state index contributed by atoms with van der Waals surface area (Å²) in [6.45, 7) is 0. The molecule has 0 radical (unpaired) electrons. The highest BCUT2D eigenvalue weighted by atomic mass is 16.4. The number of carboxylic acids is 1. The maximum absolute atomic E-state index is 12.5. The third-order valence-electron chi connectivity index (χ3n) is 3.98. The summed E-state index contributed by atoms with van der Waals surface area (Å²) in [7, 11) is 0. The monoisotopic (exact) mass is 301 g/mol. The highest BCUT2D eigenvalue weighted by Crippen LogP contribution is 2.15. The van der Waals surface area contributed by atoms with Gasteiger partial charge in [-0.1, -0.05) is 30.4 Å². The predicted molar refractivity (Wildman–Crippen MR) is 85.9 cm³/mol. The molecule has 4 heteroatoms. The normalized spacial score (nSPS) is 19.7. The Morgan fingerprint density at radius 3 is 2.73 bits per heavy atom. The molecule has 2 N–H and O–H groups in total. The van der Waals surface area contributed by atoms with Gasteiger partial charge in [0.1, 0.15) is 0 Å². The molecule has 0 spiro atoms. The van der Waals surface area contributed by atoms with Crippen molar-refractivity contribution < 1.29 is 14.7 Å². The summed E-state index contributed by atoms with van der Waals surface area (Å²) in [5, 5.41) is 11.9. The van der Waals surface area contributed by atoms with Crippen molar-refractivity contribution >= 4 is 11.9 Å². The molecule has 1 aliphatic rings. The molecule has 0 aliphatic heterocycles. The summed E-state index contributed by atoms with van der Waals surface area (Å²) in [5.74, 6) is -0.933. The number of amides is 1. The molecular formula is C18H23NO3. The van der Waals surface area contributed by atoms with Crippen LogP contribution in [0.3, 0.4) is 0 Å². The van der Waals surface area contributed by atoms with E-state index in [1.54, 1.807) is 6.07 Å². The fourth-order valence-electron chi connectivity index (χ4n) is 2.77. The Balaban J connectivity index is 2.02. The van der Waals surface area contributed by atoms with Crippen molar-refractivity contribution in [2.75, 3.05) is 0 Å². The first-order chi connectivity index (χ1) is 10.7. The lowest BCUT2D eigenvalue weighted by atomic mass is 9.99. The van der Waals surface area contributed by atoms with Gasteiger partial charge in [0.25, 0.3) is 5.91 Å². The lowest BCUT2D eigenvalue weighted by Gasteiger charge is -2.20. The Bertz CT molecular complexity index is 551. The summed E-state index contributed by atoms with van der Waals surface area (Å²) in [5.41, 5.74) is 1.40. The van der Waals surface area contributed by atoms with Crippen LogP contribution in [-0.4, -0.2) is 23.0 Å². The van der Waals surface area contributed by atoms with Crippen molar-refractivity contribution in [3.8, 4) is 0 Å². The summed E-state index contributed by atoms with van der Waals surface area (Å²) in [6, 6.07) is 7.47. The number of aryl methyl sites for hydroxylation is 1. The first kappa shape index (κ1) is 16.3. The van der Waals surface area contributed by atoms with Crippen molar-refractivity contribution in [1.82, 2.24) is 5.32 Å². The third kappa shape index (κ3) is 5.02. The standard InChI is InChI=1S/C18H23NO3/c20-17(21)13-12-14-8-6-7-11-16(14)18(22)19-15-9-4-2-1-3-5-10-15/h1-2,6-8,11,15H,3-5,9-10,12-13H2,(H,19,22)(H,20,21)/b2-1-. The van der Waals surface area contributed by atoms with Gasteiger partial charge in [-0.2, -0.15) is 0 Å². The van der Waals surface area contributed by atoms with E-state index in [2.05, 4.69) is 17.5 Å². The molecule has 4 nitrogen and oxygen atoms in total. The first-order valence-electron chi connectivity index (χ1n) is 7.92. The van der Waals surface area contributed by atoms with Crippen LogP contribution in [0.2, 0.25) is 0 Å². The van der Waals surface area contributed by atoms with Crippen LogP contribution < -0.4 is 5.32 Å². The van der Waals surface area contributed by atoms with E-state index >= 15 is 0 Å². The summed E-state index contributed by atoms with van der Waals surface area (Å²) < 4.78 is 0. The minimum atomic E-state index is -0.845. The first-order valence-corrected chi connectivity index (χ1v) is 7.92. The van der Waals surface area contributed by atoms with E-state index in [1.807, 2.05) is 18.2 Å². The minimum Gasteiger partial charge on any atom is -0.481 e. The number of carboxylic acid groups (broad SMARTS) is 1. The minimum absolute atomic E-state index is 0.0402. The van der Waals surface area contributed by atoms with E-state index < -0.39 is 5.97 Å². The maximum atomic E-state index is 12.5. The quantitative estimate of drug-likeness (QED) is 0.820. The van der Waals surface area contributed by atoms with Crippen LogP contribution in [-0.2, 0) is 11.2 Å². The number of hydrogen-bond acceptors (Lipinski definition) is 2. The van der Waals surface area contributed by atoms with Gasteiger partial charge in [0, 0.05) is 18.0 Å².